The van der Waals surface area contributed by atoms with Crippen molar-refractivity contribution in [3.63, 3.8) is 0 Å². The monoisotopic (exact) mass is 260 g/mol. The van der Waals surface area contributed by atoms with Crippen LogP contribution in [0.25, 0.3) is 0 Å². The number of carbonyl (C=O) groups excluding carboxylic acids is 1. The van der Waals surface area contributed by atoms with Crippen molar-refractivity contribution in [1.29, 1.82) is 0 Å². The molecule has 0 spiro atoms. The fraction of sp³-hybridized carbons (Fsp3) is 0.562. The largest absolute Gasteiger partial charge is 0.341 e. The van der Waals surface area contributed by atoms with Gasteiger partial charge >= 0.3 is 0 Å². The SMILES string of the molecule is CC1(C)CCCN(C(=O)C(N)Cc2ccccc2)C1. The Hall–Kier alpha value is -1.35. The number of piperidine rings is 1. The molecule has 1 saturated heterocycles. The topological polar surface area (TPSA) is 46.3 Å². The van der Waals surface area contributed by atoms with Crippen molar-refractivity contribution >= 4 is 5.91 Å². The number of carbonyl (C=O) groups is 1. The van der Waals surface area contributed by atoms with Gasteiger partial charge in [0.2, 0.25) is 5.91 Å². The van der Waals surface area contributed by atoms with Gasteiger partial charge in [-0.05, 0) is 30.2 Å². The van der Waals surface area contributed by atoms with Crippen molar-refractivity contribution in [2.45, 2.75) is 39.2 Å². The molecule has 0 bridgehead atoms. The highest BCUT2D eigenvalue weighted by Gasteiger charge is 2.31. The molecule has 0 aromatic heterocycles. The zero-order valence-corrected chi connectivity index (χ0v) is 11.9. The van der Waals surface area contributed by atoms with E-state index in [9.17, 15) is 4.79 Å². The van der Waals surface area contributed by atoms with Gasteiger partial charge in [-0.2, -0.15) is 0 Å². The van der Waals surface area contributed by atoms with Crippen LogP contribution in [0.5, 0.6) is 0 Å². The van der Waals surface area contributed by atoms with Gasteiger partial charge in [0.05, 0.1) is 6.04 Å². The van der Waals surface area contributed by atoms with E-state index in [1.54, 1.807) is 0 Å². The van der Waals surface area contributed by atoms with Crippen LogP contribution in [0.1, 0.15) is 32.3 Å². The molecule has 1 amide bonds. The van der Waals surface area contributed by atoms with Crippen LogP contribution in [0.15, 0.2) is 30.3 Å². The second-order valence-corrected chi connectivity index (χ2v) is 6.32. The highest BCUT2D eigenvalue weighted by atomic mass is 16.2. The quantitative estimate of drug-likeness (QED) is 0.905. The van der Waals surface area contributed by atoms with Crippen molar-refractivity contribution in [2.75, 3.05) is 13.1 Å². The zero-order chi connectivity index (χ0) is 13.9. The Bertz CT molecular complexity index is 428. The maximum atomic E-state index is 12.4. The standard InChI is InChI=1S/C16H24N2O/c1-16(2)9-6-10-18(12-16)15(19)14(17)11-13-7-4-3-5-8-13/h3-5,7-8,14H,6,9-12,17H2,1-2H3. The van der Waals surface area contributed by atoms with Crippen molar-refractivity contribution in [3.8, 4) is 0 Å². The lowest BCUT2D eigenvalue weighted by Gasteiger charge is -2.39. The molecule has 1 heterocycles. The molecular weight excluding hydrogens is 236 g/mol. The van der Waals surface area contributed by atoms with Gasteiger partial charge < -0.3 is 10.6 Å². The Labute approximate surface area is 115 Å². The first-order chi connectivity index (χ1) is 8.98. The number of benzene rings is 1. The summed E-state index contributed by atoms with van der Waals surface area (Å²) in [5.41, 5.74) is 7.42. The molecule has 3 nitrogen and oxygen atoms in total. The van der Waals surface area contributed by atoms with Crippen molar-refractivity contribution in [1.82, 2.24) is 4.90 Å². The summed E-state index contributed by atoms with van der Waals surface area (Å²) in [6.07, 6.45) is 2.89. The lowest BCUT2D eigenvalue weighted by molar-refractivity contribution is -0.135. The highest BCUT2D eigenvalue weighted by molar-refractivity contribution is 5.82. The van der Waals surface area contributed by atoms with E-state index in [0.717, 1.165) is 25.1 Å². The van der Waals surface area contributed by atoms with Crippen molar-refractivity contribution < 1.29 is 4.79 Å². The molecule has 1 aromatic rings. The van der Waals surface area contributed by atoms with Crippen LogP contribution in [0.3, 0.4) is 0 Å². The minimum Gasteiger partial charge on any atom is -0.341 e. The number of likely N-dealkylation sites (tertiary alicyclic amines) is 1. The maximum absolute atomic E-state index is 12.4. The van der Waals surface area contributed by atoms with Crippen LogP contribution in [0.4, 0.5) is 0 Å². The van der Waals surface area contributed by atoms with Crippen LogP contribution < -0.4 is 5.73 Å². The van der Waals surface area contributed by atoms with Crippen LogP contribution in [-0.2, 0) is 11.2 Å². The van der Waals surface area contributed by atoms with E-state index >= 15 is 0 Å². The van der Waals surface area contributed by atoms with Gasteiger partial charge in [-0.25, -0.2) is 0 Å². The maximum Gasteiger partial charge on any atom is 0.239 e. The first kappa shape index (κ1) is 14.1. The molecule has 1 aliphatic heterocycles. The van der Waals surface area contributed by atoms with Gasteiger partial charge in [0, 0.05) is 13.1 Å². The first-order valence-corrected chi connectivity index (χ1v) is 7.06. The summed E-state index contributed by atoms with van der Waals surface area (Å²) >= 11 is 0. The van der Waals surface area contributed by atoms with E-state index in [1.807, 2.05) is 35.2 Å². The summed E-state index contributed by atoms with van der Waals surface area (Å²) in [4.78, 5) is 14.3. The normalized spacial score (nSPS) is 20.1. The van der Waals surface area contributed by atoms with Crippen LogP contribution >= 0.6 is 0 Å². The molecule has 104 valence electrons. The Morgan fingerprint density at radius 1 is 1.37 bits per heavy atom. The van der Waals surface area contributed by atoms with Crippen LogP contribution in [0, 0.1) is 5.41 Å². The number of nitrogens with zero attached hydrogens (tertiary/aromatic N) is 1. The Kier molecular flexibility index (Phi) is 4.25. The minimum atomic E-state index is -0.420. The van der Waals surface area contributed by atoms with E-state index in [0.29, 0.717) is 6.42 Å². The molecule has 2 N–H and O–H groups in total. The van der Waals surface area contributed by atoms with E-state index in [1.165, 1.54) is 6.42 Å². The third-order valence-electron chi connectivity index (χ3n) is 3.83. The summed E-state index contributed by atoms with van der Waals surface area (Å²) in [5.74, 6) is 0.0941. The summed E-state index contributed by atoms with van der Waals surface area (Å²) in [7, 11) is 0. The summed E-state index contributed by atoms with van der Waals surface area (Å²) < 4.78 is 0. The molecule has 0 saturated carbocycles. The zero-order valence-electron chi connectivity index (χ0n) is 11.9. The van der Waals surface area contributed by atoms with Gasteiger partial charge in [-0.15, -0.1) is 0 Å². The molecule has 3 heteroatoms. The van der Waals surface area contributed by atoms with E-state index in [2.05, 4.69) is 13.8 Å². The molecule has 0 aliphatic carbocycles. The fourth-order valence-corrected chi connectivity index (χ4v) is 2.80. The second-order valence-electron chi connectivity index (χ2n) is 6.32. The third kappa shape index (κ3) is 3.80. The lowest BCUT2D eigenvalue weighted by atomic mass is 9.84. The van der Waals surface area contributed by atoms with Gasteiger partial charge in [0.25, 0.3) is 0 Å². The predicted molar refractivity (Wildman–Crippen MR) is 77.7 cm³/mol. The van der Waals surface area contributed by atoms with Gasteiger partial charge in [0.1, 0.15) is 0 Å². The number of hydrogen-bond donors (Lipinski definition) is 1. The van der Waals surface area contributed by atoms with E-state index < -0.39 is 6.04 Å². The molecule has 1 unspecified atom stereocenters. The van der Waals surface area contributed by atoms with Crippen LogP contribution in [0.2, 0.25) is 0 Å². The van der Waals surface area contributed by atoms with Crippen molar-refractivity contribution in [3.05, 3.63) is 35.9 Å². The molecular formula is C16H24N2O. The summed E-state index contributed by atoms with van der Waals surface area (Å²) in [6.45, 7) is 6.11. The molecule has 0 radical (unpaired) electrons. The Morgan fingerprint density at radius 2 is 2.05 bits per heavy atom. The van der Waals surface area contributed by atoms with Crippen molar-refractivity contribution in [2.24, 2.45) is 11.1 Å². The Balaban J connectivity index is 1.95. The van der Waals surface area contributed by atoms with Crippen LogP contribution in [-0.4, -0.2) is 29.9 Å². The average Bonchev–Trinajstić information content (AvgIpc) is 2.38. The van der Waals surface area contributed by atoms with E-state index in [4.69, 9.17) is 5.73 Å². The first-order valence-electron chi connectivity index (χ1n) is 7.06. The second kappa shape index (κ2) is 5.74. The number of hydrogen-bond acceptors (Lipinski definition) is 2. The number of amides is 1. The highest BCUT2D eigenvalue weighted by Crippen LogP contribution is 2.28. The molecule has 1 aromatic carbocycles. The molecule has 1 fully saturated rings. The predicted octanol–water partition coefficient (Wildman–Crippen LogP) is 2.21. The van der Waals surface area contributed by atoms with Gasteiger partial charge in [0.15, 0.2) is 0 Å². The Morgan fingerprint density at radius 3 is 2.68 bits per heavy atom. The smallest absolute Gasteiger partial charge is 0.239 e. The summed E-state index contributed by atoms with van der Waals surface area (Å²) in [6, 6.07) is 9.56. The lowest BCUT2D eigenvalue weighted by Crippen LogP contribution is -2.50. The molecule has 2 rings (SSSR count). The minimum absolute atomic E-state index is 0.0941. The molecule has 1 aliphatic rings. The summed E-state index contributed by atoms with van der Waals surface area (Å²) in [5, 5.41) is 0. The van der Waals surface area contributed by atoms with Gasteiger partial charge in [-0.1, -0.05) is 44.2 Å². The molecule has 19 heavy (non-hydrogen) atoms. The number of rotatable bonds is 3. The number of nitrogens with two attached hydrogens (primary N) is 1. The average molecular weight is 260 g/mol. The van der Waals surface area contributed by atoms with E-state index in [-0.39, 0.29) is 11.3 Å². The van der Waals surface area contributed by atoms with Gasteiger partial charge in [-0.3, -0.25) is 4.79 Å². The fourth-order valence-electron chi connectivity index (χ4n) is 2.80. The molecule has 1 atom stereocenters. The third-order valence-corrected chi connectivity index (χ3v) is 3.83.